The molecule has 0 atom stereocenters. The molecule has 23 heavy (non-hydrogen) atoms. The minimum Gasteiger partial charge on any atom is -0.384 e. The second-order valence-corrected chi connectivity index (χ2v) is 6.06. The first-order chi connectivity index (χ1) is 10.9. The molecule has 1 aliphatic heterocycles. The first kappa shape index (κ1) is 15.8. The monoisotopic (exact) mass is 320 g/mol. The van der Waals surface area contributed by atoms with E-state index in [1.54, 1.807) is 24.4 Å². The van der Waals surface area contributed by atoms with Gasteiger partial charge in [0, 0.05) is 30.2 Å². The third kappa shape index (κ3) is 2.91. The first-order valence-corrected chi connectivity index (χ1v) is 7.56. The van der Waals surface area contributed by atoms with E-state index in [0.717, 1.165) is 16.5 Å². The van der Waals surface area contributed by atoms with Gasteiger partial charge < -0.3 is 10.0 Å². The van der Waals surface area contributed by atoms with Crippen LogP contribution >= 0.6 is 0 Å². The lowest BCUT2D eigenvalue weighted by Crippen LogP contribution is -2.50. The van der Waals surface area contributed by atoms with Crippen molar-refractivity contribution in [3.63, 3.8) is 0 Å². The van der Waals surface area contributed by atoms with Gasteiger partial charge in [0.1, 0.15) is 5.60 Å². The SMILES string of the molecule is Cc1ccnc2ccc(C(=O)N3CCC(O)(C(F)F)CC3)cc12. The molecule has 1 saturated heterocycles. The Morgan fingerprint density at radius 2 is 2.00 bits per heavy atom. The van der Waals surface area contributed by atoms with E-state index in [-0.39, 0.29) is 31.8 Å². The highest BCUT2D eigenvalue weighted by Gasteiger charge is 2.41. The molecule has 1 aromatic carbocycles. The van der Waals surface area contributed by atoms with Gasteiger partial charge in [0.2, 0.25) is 0 Å². The molecule has 2 heterocycles. The second kappa shape index (κ2) is 5.85. The molecule has 4 nitrogen and oxygen atoms in total. The molecule has 1 aliphatic rings. The number of aromatic nitrogens is 1. The minimum absolute atomic E-state index is 0.107. The topological polar surface area (TPSA) is 53.4 Å². The Labute approximate surface area is 132 Å². The van der Waals surface area contributed by atoms with Crippen LogP contribution in [0.15, 0.2) is 30.5 Å². The summed E-state index contributed by atoms with van der Waals surface area (Å²) in [4.78, 5) is 18.3. The lowest BCUT2D eigenvalue weighted by atomic mass is 9.91. The van der Waals surface area contributed by atoms with E-state index in [1.807, 2.05) is 13.0 Å². The van der Waals surface area contributed by atoms with Gasteiger partial charge in [-0.15, -0.1) is 0 Å². The van der Waals surface area contributed by atoms with E-state index < -0.39 is 12.0 Å². The van der Waals surface area contributed by atoms with Crippen LogP contribution in [0.1, 0.15) is 28.8 Å². The average Bonchev–Trinajstić information content (AvgIpc) is 2.55. The van der Waals surface area contributed by atoms with E-state index in [2.05, 4.69) is 4.98 Å². The highest BCUT2D eigenvalue weighted by atomic mass is 19.3. The Morgan fingerprint density at radius 1 is 1.30 bits per heavy atom. The molecule has 0 bridgehead atoms. The van der Waals surface area contributed by atoms with Gasteiger partial charge in [0.25, 0.3) is 12.3 Å². The van der Waals surface area contributed by atoms with Crippen LogP contribution in [0.3, 0.4) is 0 Å². The Kier molecular flexibility index (Phi) is 4.02. The molecule has 122 valence electrons. The van der Waals surface area contributed by atoms with Crippen LogP contribution in [0.2, 0.25) is 0 Å². The van der Waals surface area contributed by atoms with E-state index in [4.69, 9.17) is 0 Å². The van der Waals surface area contributed by atoms with Crippen LogP contribution in [0.5, 0.6) is 0 Å². The number of hydrogen-bond acceptors (Lipinski definition) is 3. The molecule has 6 heteroatoms. The Bertz CT molecular complexity index is 740. The quantitative estimate of drug-likeness (QED) is 0.926. The van der Waals surface area contributed by atoms with E-state index >= 15 is 0 Å². The van der Waals surface area contributed by atoms with Gasteiger partial charge >= 0.3 is 0 Å². The fourth-order valence-corrected chi connectivity index (χ4v) is 2.91. The molecule has 1 fully saturated rings. The number of amides is 1. The van der Waals surface area contributed by atoms with Gasteiger partial charge in [-0.1, -0.05) is 0 Å². The fourth-order valence-electron chi connectivity index (χ4n) is 2.91. The van der Waals surface area contributed by atoms with Crippen molar-refractivity contribution in [1.82, 2.24) is 9.88 Å². The molecule has 2 aromatic rings. The van der Waals surface area contributed by atoms with Crippen molar-refractivity contribution in [2.45, 2.75) is 31.8 Å². The third-order valence-corrected chi connectivity index (χ3v) is 4.53. The summed E-state index contributed by atoms with van der Waals surface area (Å²) in [6, 6.07) is 7.15. The zero-order valence-electron chi connectivity index (χ0n) is 12.8. The lowest BCUT2D eigenvalue weighted by molar-refractivity contribution is -0.122. The number of aliphatic hydroxyl groups is 1. The number of fused-ring (bicyclic) bond motifs is 1. The smallest absolute Gasteiger partial charge is 0.266 e. The van der Waals surface area contributed by atoms with Crippen LogP contribution in [0, 0.1) is 6.92 Å². The Hall–Kier alpha value is -2.08. The Balaban J connectivity index is 1.80. The summed E-state index contributed by atoms with van der Waals surface area (Å²) in [5, 5.41) is 10.7. The number of benzene rings is 1. The van der Waals surface area contributed by atoms with Crippen molar-refractivity contribution >= 4 is 16.8 Å². The number of rotatable bonds is 2. The number of pyridine rings is 1. The molecule has 0 saturated carbocycles. The van der Waals surface area contributed by atoms with Crippen LogP contribution in [-0.4, -0.2) is 46.0 Å². The van der Waals surface area contributed by atoms with Crippen molar-refractivity contribution in [2.24, 2.45) is 0 Å². The highest BCUT2D eigenvalue weighted by molar-refractivity contribution is 5.98. The maximum absolute atomic E-state index is 12.8. The van der Waals surface area contributed by atoms with Crippen LogP contribution in [0.4, 0.5) is 8.78 Å². The predicted octanol–water partition coefficient (Wildman–Crippen LogP) is 2.78. The average molecular weight is 320 g/mol. The summed E-state index contributed by atoms with van der Waals surface area (Å²) in [5.74, 6) is -0.202. The second-order valence-electron chi connectivity index (χ2n) is 6.06. The van der Waals surface area contributed by atoms with Crippen molar-refractivity contribution in [3.05, 3.63) is 41.6 Å². The summed E-state index contributed by atoms with van der Waals surface area (Å²) in [7, 11) is 0. The number of carbonyl (C=O) groups excluding carboxylic acids is 1. The number of halogens is 2. The maximum Gasteiger partial charge on any atom is 0.266 e. The first-order valence-electron chi connectivity index (χ1n) is 7.56. The summed E-state index contributed by atoms with van der Waals surface area (Å²) in [6.45, 7) is 2.20. The number of likely N-dealkylation sites (tertiary alicyclic amines) is 1. The molecular formula is C17H18F2N2O2. The van der Waals surface area contributed by atoms with E-state index in [9.17, 15) is 18.7 Å². The number of carbonyl (C=O) groups is 1. The van der Waals surface area contributed by atoms with Gasteiger partial charge in [0.15, 0.2) is 0 Å². The van der Waals surface area contributed by atoms with Crippen molar-refractivity contribution < 1.29 is 18.7 Å². The van der Waals surface area contributed by atoms with Crippen LogP contribution < -0.4 is 0 Å². The summed E-state index contributed by atoms with van der Waals surface area (Å²) in [6.07, 6.45) is -1.28. The largest absolute Gasteiger partial charge is 0.384 e. The summed E-state index contributed by atoms with van der Waals surface area (Å²) >= 11 is 0. The van der Waals surface area contributed by atoms with Crippen molar-refractivity contribution in [1.29, 1.82) is 0 Å². The zero-order chi connectivity index (χ0) is 16.6. The Morgan fingerprint density at radius 3 is 2.65 bits per heavy atom. The van der Waals surface area contributed by atoms with Crippen molar-refractivity contribution in [3.8, 4) is 0 Å². The molecule has 1 amide bonds. The molecule has 1 aromatic heterocycles. The number of piperidine rings is 1. The number of aryl methyl sites for hydroxylation is 1. The van der Waals surface area contributed by atoms with Gasteiger partial charge in [0.05, 0.1) is 5.52 Å². The summed E-state index contributed by atoms with van der Waals surface area (Å²) < 4.78 is 25.6. The van der Waals surface area contributed by atoms with Gasteiger partial charge in [-0.05, 0) is 49.6 Å². The van der Waals surface area contributed by atoms with Gasteiger partial charge in [-0.3, -0.25) is 9.78 Å². The molecule has 0 radical (unpaired) electrons. The molecule has 3 rings (SSSR count). The number of alkyl halides is 2. The lowest BCUT2D eigenvalue weighted by Gasteiger charge is -2.37. The number of hydrogen-bond donors (Lipinski definition) is 1. The minimum atomic E-state index is -2.78. The molecular weight excluding hydrogens is 302 g/mol. The third-order valence-electron chi connectivity index (χ3n) is 4.53. The maximum atomic E-state index is 12.8. The normalized spacial score (nSPS) is 17.7. The molecule has 0 unspecified atom stereocenters. The molecule has 1 N–H and O–H groups in total. The summed E-state index contributed by atoms with van der Waals surface area (Å²) in [5.41, 5.74) is 0.374. The highest BCUT2D eigenvalue weighted by Crippen LogP contribution is 2.29. The number of nitrogens with zero attached hydrogens (tertiary/aromatic N) is 2. The predicted molar refractivity (Wildman–Crippen MR) is 82.6 cm³/mol. The fraction of sp³-hybridized carbons (Fsp3) is 0.412. The van der Waals surface area contributed by atoms with E-state index in [1.165, 1.54) is 4.90 Å². The zero-order valence-corrected chi connectivity index (χ0v) is 12.8. The van der Waals surface area contributed by atoms with Gasteiger partial charge in [-0.2, -0.15) is 0 Å². The van der Waals surface area contributed by atoms with Crippen molar-refractivity contribution in [2.75, 3.05) is 13.1 Å². The van der Waals surface area contributed by atoms with Crippen LogP contribution in [-0.2, 0) is 0 Å². The molecule has 0 spiro atoms. The van der Waals surface area contributed by atoms with Crippen LogP contribution in [0.25, 0.3) is 10.9 Å². The molecule has 0 aliphatic carbocycles. The standard InChI is InChI=1S/C17H18F2N2O2/c1-11-4-7-20-14-3-2-12(10-13(11)14)15(22)21-8-5-17(23,6-9-21)16(18)19/h2-4,7,10,16,23H,5-6,8-9H2,1H3. The van der Waals surface area contributed by atoms with E-state index in [0.29, 0.717) is 5.56 Å². The van der Waals surface area contributed by atoms with Gasteiger partial charge in [-0.25, -0.2) is 8.78 Å².